The summed E-state index contributed by atoms with van der Waals surface area (Å²) in [5.41, 5.74) is 1.12. The van der Waals surface area contributed by atoms with Crippen LogP contribution in [0.1, 0.15) is 0 Å². The van der Waals surface area contributed by atoms with Crippen molar-refractivity contribution in [3.8, 4) is 5.88 Å². The fourth-order valence-electron chi connectivity index (χ4n) is 3.02. The van der Waals surface area contributed by atoms with E-state index in [1.807, 2.05) is 0 Å². The fraction of sp³-hybridized carbons (Fsp3) is 0.294. The minimum Gasteiger partial charge on any atom is -0.469 e. The van der Waals surface area contributed by atoms with Crippen molar-refractivity contribution in [1.82, 2.24) is 29.6 Å². The maximum Gasteiger partial charge on any atom is 0.246 e. The van der Waals surface area contributed by atoms with Crippen molar-refractivity contribution in [3.63, 3.8) is 0 Å². The molecule has 1 saturated heterocycles. The van der Waals surface area contributed by atoms with E-state index < -0.39 is 12.3 Å². The van der Waals surface area contributed by atoms with Crippen LogP contribution in [0.5, 0.6) is 5.88 Å². The lowest BCUT2D eigenvalue weighted by Gasteiger charge is -2.16. The van der Waals surface area contributed by atoms with Crippen molar-refractivity contribution >= 4 is 40.2 Å². The van der Waals surface area contributed by atoms with Crippen LogP contribution in [0.3, 0.4) is 0 Å². The lowest BCUT2D eigenvalue weighted by molar-refractivity contribution is -0.125. The van der Waals surface area contributed by atoms with Crippen LogP contribution in [0.2, 0.25) is 5.02 Å². The second kappa shape index (κ2) is 7.12. The topological polar surface area (TPSA) is 101 Å². The van der Waals surface area contributed by atoms with Gasteiger partial charge in [0.15, 0.2) is 12.3 Å². The summed E-state index contributed by atoms with van der Waals surface area (Å²) in [6.45, 7) is 3.45. The van der Waals surface area contributed by atoms with Crippen LogP contribution in [0.15, 0.2) is 31.2 Å². The summed E-state index contributed by atoms with van der Waals surface area (Å²) >= 11 is 6.22. The van der Waals surface area contributed by atoms with Crippen LogP contribution in [0.4, 0.5) is 16.0 Å². The summed E-state index contributed by atoms with van der Waals surface area (Å²) in [4.78, 5) is 24.7. The van der Waals surface area contributed by atoms with Crippen LogP contribution < -0.4 is 10.1 Å². The molecular formula is C17H17ClFN7O2. The molecule has 4 heterocycles. The van der Waals surface area contributed by atoms with Gasteiger partial charge in [0.25, 0.3) is 0 Å². The molecule has 0 radical (unpaired) electrons. The van der Waals surface area contributed by atoms with Gasteiger partial charge in [0.1, 0.15) is 5.65 Å². The number of carbonyl (C=O) groups excluding carboxylic acids is 1. The molecule has 0 saturated carbocycles. The van der Waals surface area contributed by atoms with Crippen molar-refractivity contribution in [2.45, 2.75) is 12.3 Å². The molecule has 9 nitrogen and oxygen atoms in total. The first kappa shape index (κ1) is 18.2. The van der Waals surface area contributed by atoms with Gasteiger partial charge in [0.2, 0.25) is 17.7 Å². The third kappa shape index (κ3) is 3.38. The predicted octanol–water partition coefficient (Wildman–Crippen LogP) is 2.20. The molecule has 28 heavy (non-hydrogen) atoms. The Hall–Kier alpha value is -3.14. The normalized spacial score (nSPS) is 19.2. The van der Waals surface area contributed by atoms with Crippen molar-refractivity contribution in [3.05, 3.63) is 36.3 Å². The summed E-state index contributed by atoms with van der Waals surface area (Å²) in [5, 5.41) is 7.89. The smallest absolute Gasteiger partial charge is 0.246 e. The molecule has 1 amide bonds. The Labute approximate surface area is 164 Å². The number of amides is 1. The molecular weight excluding hydrogens is 389 g/mol. The lowest BCUT2D eigenvalue weighted by atomic mass is 10.3. The van der Waals surface area contributed by atoms with Crippen molar-refractivity contribution in [2.24, 2.45) is 7.05 Å². The molecule has 0 aliphatic carbocycles. The summed E-state index contributed by atoms with van der Waals surface area (Å²) in [7, 11) is 1.78. The molecule has 3 aromatic heterocycles. The van der Waals surface area contributed by atoms with Crippen LogP contribution in [0.25, 0.3) is 11.0 Å². The number of likely N-dealkylation sites (tertiary alicyclic amines) is 1. The maximum atomic E-state index is 14.4. The Balaban J connectivity index is 1.64. The van der Waals surface area contributed by atoms with E-state index in [1.165, 1.54) is 4.90 Å². The average molecular weight is 406 g/mol. The highest BCUT2D eigenvalue weighted by molar-refractivity contribution is 6.35. The van der Waals surface area contributed by atoms with Crippen molar-refractivity contribution in [2.75, 3.05) is 18.4 Å². The van der Waals surface area contributed by atoms with Gasteiger partial charge in [0.05, 0.1) is 35.4 Å². The Bertz CT molecular complexity index is 1050. The zero-order valence-corrected chi connectivity index (χ0v) is 15.6. The number of aromatic nitrogens is 5. The van der Waals surface area contributed by atoms with Gasteiger partial charge in [-0.3, -0.25) is 9.48 Å². The number of carbonyl (C=O) groups is 1. The van der Waals surface area contributed by atoms with Gasteiger partial charge in [-0.25, -0.2) is 4.39 Å². The molecule has 11 heteroatoms. The van der Waals surface area contributed by atoms with E-state index in [2.05, 4.69) is 31.9 Å². The molecule has 2 atom stereocenters. The summed E-state index contributed by atoms with van der Waals surface area (Å²) < 4.78 is 21.9. The van der Waals surface area contributed by atoms with Gasteiger partial charge >= 0.3 is 0 Å². The van der Waals surface area contributed by atoms with Crippen LogP contribution in [-0.2, 0) is 11.8 Å². The van der Waals surface area contributed by atoms with Crippen molar-refractivity contribution in [1.29, 1.82) is 0 Å². The maximum absolute atomic E-state index is 14.4. The van der Waals surface area contributed by atoms with E-state index in [0.717, 1.165) is 6.08 Å². The van der Waals surface area contributed by atoms with E-state index in [9.17, 15) is 9.18 Å². The van der Waals surface area contributed by atoms with Gasteiger partial charge in [-0.2, -0.15) is 15.1 Å². The zero-order chi connectivity index (χ0) is 19.8. The van der Waals surface area contributed by atoms with Gasteiger partial charge in [-0.1, -0.05) is 18.2 Å². The number of fused-ring (bicyclic) bond motifs is 1. The minimum atomic E-state index is -1.36. The van der Waals surface area contributed by atoms with E-state index in [4.69, 9.17) is 16.3 Å². The number of rotatable bonds is 5. The number of nitrogens with one attached hydrogen (secondary N) is 2. The Morgan fingerprint density at radius 1 is 1.50 bits per heavy atom. The third-order valence-corrected chi connectivity index (χ3v) is 4.66. The second-order valence-corrected chi connectivity index (χ2v) is 6.77. The molecule has 2 N–H and O–H groups in total. The number of nitrogens with zero attached hydrogens (tertiary/aromatic N) is 5. The van der Waals surface area contributed by atoms with Crippen LogP contribution in [0, 0.1) is 0 Å². The molecule has 4 rings (SSSR count). The fourth-order valence-corrected chi connectivity index (χ4v) is 3.24. The van der Waals surface area contributed by atoms with Gasteiger partial charge in [-0.05, 0) is 6.08 Å². The molecule has 1 aliphatic heterocycles. The van der Waals surface area contributed by atoms with E-state index in [0.29, 0.717) is 21.7 Å². The van der Waals surface area contributed by atoms with Gasteiger partial charge in [-0.15, -0.1) is 0 Å². The largest absolute Gasteiger partial charge is 0.469 e. The molecule has 146 valence electrons. The standard InChI is InChI=1S/C17H17ClFN7O2/c1-3-13(27)26-7-11(19)12(8-26)28-16-14-10(18)5-20-15(14)23-17(24-16)22-9-4-21-25(2)6-9/h3-6,11-12H,1,7-8H2,2H3,(H2,20,22,23,24). The van der Waals surface area contributed by atoms with E-state index in [-0.39, 0.29) is 30.8 Å². The van der Waals surface area contributed by atoms with E-state index in [1.54, 1.807) is 30.3 Å². The number of H-pyrrole nitrogens is 1. The molecule has 0 bridgehead atoms. The van der Waals surface area contributed by atoms with Crippen LogP contribution in [-0.4, -0.2) is 60.9 Å². The quantitative estimate of drug-likeness (QED) is 0.631. The highest BCUT2D eigenvalue weighted by Gasteiger charge is 2.37. The molecule has 2 unspecified atom stereocenters. The average Bonchev–Trinajstić information content (AvgIpc) is 3.35. The number of aromatic amines is 1. The number of aryl methyl sites for hydroxylation is 1. The van der Waals surface area contributed by atoms with Crippen LogP contribution >= 0.6 is 11.6 Å². The SMILES string of the molecule is C=CC(=O)N1CC(F)C(Oc2nc(Nc3cnn(C)c3)nc3[nH]cc(Cl)c23)C1. The van der Waals surface area contributed by atoms with Gasteiger partial charge < -0.3 is 19.9 Å². The Kier molecular flexibility index (Phi) is 4.63. The summed E-state index contributed by atoms with van der Waals surface area (Å²) in [6, 6.07) is 0. The Morgan fingerprint density at radius 3 is 3.04 bits per heavy atom. The predicted molar refractivity (Wildman–Crippen MR) is 101 cm³/mol. The highest BCUT2D eigenvalue weighted by Crippen LogP contribution is 2.33. The summed E-state index contributed by atoms with van der Waals surface area (Å²) in [5.74, 6) is 0.0184. The molecule has 1 fully saturated rings. The number of hydrogen-bond acceptors (Lipinski definition) is 6. The number of alkyl halides is 1. The number of halogens is 2. The third-order valence-electron chi connectivity index (χ3n) is 4.36. The monoisotopic (exact) mass is 405 g/mol. The Morgan fingerprint density at radius 2 is 2.32 bits per heavy atom. The molecule has 3 aromatic rings. The lowest BCUT2D eigenvalue weighted by Crippen LogP contribution is -2.30. The van der Waals surface area contributed by atoms with E-state index >= 15 is 0 Å². The molecule has 1 aliphatic rings. The zero-order valence-electron chi connectivity index (χ0n) is 14.9. The first-order valence-electron chi connectivity index (χ1n) is 8.47. The number of anilines is 2. The first-order valence-corrected chi connectivity index (χ1v) is 8.84. The number of hydrogen-bond donors (Lipinski definition) is 2. The summed E-state index contributed by atoms with van der Waals surface area (Å²) in [6.07, 6.45) is 3.83. The second-order valence-electron chi connectivity index (χ2n) is 6.36. The number of ether oxygens (including phenoxy) is 1. The molecule has 0 aromatic carbocycles. The molecule has 0 spiro atoms. The van der Waals surface area contributed by atoms with Gasteiger partial charge in [0, 0.05) is 19.4 Å². The van der Waals surface area contributed by atoms with Crippen molar-refractivity contribution < 1.29 is 13.9 Å². The first-order chi connectivity index (χ1) is 13.4. The highest BCUT2D eigenvalue weighted by atomic mass is 35.5. The minimum absolute atomic E-state index is 0.0641.